The summed E-state index contributed by atoms with van der Waals surface area (Å²) < 4.78 is 0. The maximum atomic E-state index is 4.89. The summed E-state index contributed by atoms with van der Waals surface area (Å²) in [6.07, 6.45) is 3.47. The number of benzene rings is 2. The van der Waals surface area contributed by atoms with Gasteiger partial charge in [0.05, 0.1) is 11.4 Å². The van der Waals surface area contributed by atoms with Gasteiger partial charge in [-0.05, 0) is 70.2 Å². The van der Waals surface area contributed by atoms with Crippen molar-refractivity contribution in [2.75, 3.05) is 0 Å². The minimum atomic E-state index is 0.315. The second kappa shape index (κ2) is 8.41. The van der Waals surface area contributed by atoms with Crippen molar-refractivity contribution in [1.82, 2.24) is 5.32 Å². The van der Waals surface area contributed by atoms with Gasteiger partial charge in [-0.15, -0.1) is 0 Å². The summed E-state index contributed by atoms with van der Waals surface area (Å²) in [6, 6.07) is 17.3. The molecule has 26 heavy (non-hydrogen) atoms. The van der Waals surface area contributed by atoms with E-state index in [1.165, 1.54) is 17.5 Å². The maximum Gasteiger partial charge on any atom is 0.0658 e. The van der Waals surface area contributed by atoms with Crippen LogP contribution in [0, 0.1) is 13.8 Å². The normalized spacial score (nSPS) is 21.7. The molecule has 0 spiro atoms. The zero-order valence-corrected chi connectivity index (χ0v) is 16.3. The van der Waals surface area contributed by atoms with Gasteiger partial charge in [0, 0.05) is 23.5 Å². The molecule has 0 amide bonds. The van der Waals surface area contributed by atoms with E-state index < -0.39 is 0 Å². The first kappa shape index (κ1) is 18.5. The minimum Gasteiger partial charge on any atom is -0.301 e. The van der Waals surface area contributed by atoms with Crippen LogP contribution in [-0.2, 0) is 0 Å². The van der Waals surface area contributed by atoms with E-state index in [1.54, 1.807) is 0 Å². The number of hydrogen-bond donors (Lipinski definition) is 1. The van der Waals surface area contributed by atoms with Crippen LogP contribution in [0.5, 0.6) is 0 Å². The van der Waals surface area contributed by atoms with Crippen LogP contribution in [0.25, 0.3) is 0 Å². The quantitative estimate of drug-likeness (QED) is 0.708. The van der Waals surface area contributed by atoms with Crippen LogP contribution < -0.4 is 5.32 Å². The third kappa shape index (κ3) is 4.47. The van der Waals surface area contributed by atoms with E-state index in [0.717, 1.165) is 35.6 Å². The van der Waals surface area contributed by atoms with Crippen LogP contribution in [-0.4, -0.2) is 23.5 Å². The molecule has 2 atom stereocenters. The van der Waals surface area contributed by atoms with E-state index in [2.05, 4.69) is 81.5 Å². The Hall–Kier alpha value is -2.26. The number of nitrogens with one attached hydrogen (secondary N) is 1. The first-order valence-corrected chi connectivity index (χ1v) is 9.52. The predicted molar refractivity (Wildman–Crippen MR) is 112 cm³/mol. The molecular weight excluding hydrogens is 318 g/mol. The lowest BCUT2D eigenvalue weighted by atomic mass is 9.93. The Morgan fingerprint density at radius 3 is 1.62 bits per heavy atom. The van der Waals surface area contributed by atoms with Gasteiger partial charge in [0.1, 0.15) is 0 Å². The molecule has 0 saturated carbocycles. The number of para-hydroxylation sites is 2. The molecule has 136 valence electrons. The van der Waals surface area contributed by atoms with Crippen LogP contribution in [0.4, 0.5) is 11.4 Å². The molecule has 0 bridgehead atoms. The van der Waals surface area contributed by atoms with Crippen LogP contribution in [0.3, 0.4) is 0 Å². The smallest absolute Gasteiger partial charge is 0.0658 e. The molecule has 0 aliphatic carbocycles. The van der Waals surface area contributed by atoms with Gasteiger partial charge in [-0.1, -0.05) is 36.4 Å². The van der Waals surface area contributed by atoms with E-state index in [0.29, 0.717) is 12.1 Å². The average molecular weight is 348 g/mol. The fourth-order valence-electron chi connectivity index (χ4n) is 3.51. The number of aliphatic imine (C=N–C) groups is 2. The maximum absolute atomic E-state index is 4.89. The highest BCUT2D eigenvalue weighted by atomic mass is 15.0. The van der Waals surface area contributed by atoms with Gasteiger partial charge in [0.25, 0.3) is 0 Å². The van der Waals surface area contributed by atoms with E-state index in [4.69, 9.17) is 9.98 Å². The molecule has 1 saturated heterocycles. The molecule has 1 aliphatic heterocycles. The lowest BCUT2D eigenvalue weighted by molar-refractivity contribution is 0.427. The number of nitrogens with zero attached hydrogens (tertiary/aromatic N) is 2. The molecule has 1 N–H and O–H groups in total. The van der Waals surface area contributed by atoms with Crippen molar-refractivity contribution in [2.45, 2.75) is 59.0 Å². The van der Waals surface area contributed by atoms with E-state index in [1.807, 2.05) is 0 Å². The fraction of sp³-hybridized carbons (Fsp3) is 0.391. The molecule has 1 fully saturated rings. The molecule has 3 heteroatoms. The summed E-state index contributed by atoms with van der Waals surface area (Å²) in [5.74, 6) is 0. The average Bonchev–Trinajstić information content (AvgIpc) is 2.65. The van der Waals surface area contributed by atoms with Crippen LogP contribution >= 0.6 is 0 Å². The topological polar surface area (TPSA) is 36.8 Å². The van der Waals surface area contributed by atoms with Gasteiger partial charge in [-0.3, -0.25) is 9.98 Å². The van der Waals surface area contributed by atoms with E-state index >= 15 is 0 Å². The Labute approximate surface area is 157 Å². The zero-order valence-electron chi connectivity index (χ0n) is 16.3. The van der Waals surface area contributed by atoms with Crippen molar-refractivity contribution in [2.24, 2.45) is 9.98 Å². The van der Waals surface area contributed by atoms with Gasteiger partial charge in [-0.25, -0.2) is 0 Å². The summed E-state index contributed by atoms with van der Waals surface area (Å²) in [5.41, 5.74) is 6.90. The standard InChI is InChI=1S/C23H29N3/c1-16-10-5-7-12-20(16)24-18(3)22-14-9-15-23(26-22)19(4)25-21-13-8-6-11-17(21)2/h5-8,10-13,22-23,26H,9,14-15H2,1-4H3. The minimum absolute atomic E-state index is 0.315. The van der Waals surface area contributed by atoms with Crippen molar-refractivity contribution in [3.05, 3.63) is 59.7 Å². The SMILES string of the molecule is CC(=Nc1ccccc1C)C1CCCC(C(C)=Nc2ccccc2C)N1. The summed E-state index contributed by atoms with van der Waals surface area (Å²) in [7, 11) is 0. The highest BCUT2D eigenvalue weighted by Crippen LogP contribution is 2.23. The molecular formula is C23H29N3. The van der Waals surface area contributed by atoms with Gasteiger partial charge in [-0.2, -0.15) is 0 Å². The fourth-order valence-corrected chi connectivity index (χ4v) is 3.51. The number of hydrogen-bond acceptors (Lipinski definition) is 3. The third-order valence-electron chi connectivity index (χ3n) is 5.22. The molecule has 1 aliphatic rings. The largest absolute Gasteiger partial charge is 0.301 e. The van der Waals surface area contributed by atoms with Crippen molar-refractivity contribution in [3.63, 3.8) is 0 Å². The van der Waals surface area contributed by atoms with Gasteiger partial charge in [0.2, 0.25) is 0 Å². The Kier molecular flexibility index (Phi) is 6.00. The molecule has 2 unspecified atom stereocenters. The highest BCUT2D eigenvalue weighted by molar-refractivity contribution is 5.93. The van der Waals surface area contributed by atoms with Crippen molar-refractivity contribution in [1.29, 1.82) is 0 Å². The lowest BCUT2D eigenvalue weighted by Gasteiger charge is -2.31. The van der Waals surface area contributed by atoms with E-state index in [-0.39, 0.29) is 0 Å². The monoisotopic (exact) mass is 347 g/mol. The number of aryl methyl sites for hydroxylation is 2. The molecule has 3 rings (SSSR count). The second-order valence-corrected chi connectivity index (χ2v) is 7.28. The molecule has 3 nitrogen and oxygen atoms in total. The molecule has 2 aromatic rings. The molecule has 2 aromatic carbocycles. The lowest BCUT2D eigenvalue weighted by Crippen LogP contribution is -2.49. The van der Waals surface area contributed by atoms with Crippen LogP contribution in [0.15, 0.2) is 58.5 Å². The van der Waals surface area contributed by atoms with Gasteiger partial charge in [0.15, 0.2) is 0 Å². The molecule has 1 heterocycles. The Morgan fingerprint density at radius 2 is 1.19 bits per heavy atom. The Bertz CT molecular complexity index is 752. The van der Waals surface area contributed by atoms with Crippen molar-refractivity contribution >= 4 is 22.8 Å². The molecule has 0 aromatic heterocycles. The first-order chi connectivity index (χ1) is 12.5. The van der Waals surface area contributed by atoms with Crippen LogP contribution in [0.1, 0.15) is 44.2 Å². The Morgan fingerprint density at radius 1 is 0.769 bits per heavy atom. The summed E-state index contributed by atoms with van der Waals surface area (Å²) in [5, 5.41) is 3.77. The van der Waals surface area contributed by atoms with Crippen LogP contribution in [0.2, 0.25) is 0 Å². The number of rotatable bonds is 4. The van der Waals surface area contributed by atoms with Gasteiger partial charge >= 0.3 is 0 Å². The Balaban J connectivity index is 1.75. The summed E-state index contributed by atoms with van der Waals surface area (Å²) in [4.78, 5) is 9.78. The number of piperidine rings is 1. The van der Waals surface area contributed by atoms with E-state index in [9.17, 15) is 0 Å². The molecule has 0 radical (unpaired) electrons. The summed E-state index contributed by atoms with van der Waals surface area (Å²) in [6.45, 7) is 8.51. The third-order valence-corrected chi connectivity index (χ3v) is 5.22. The zero-order chi connectivity index (χ0) is 18.5. The first-order valence-electron chi connectivity index (χ1n) is 9.52. The van der Waals surface area contributed by atoms with Crippen molar-refractivity contribution in [3.8, 4) is 0 Å². The van der Waals surface area contributed by atoms with Gasteiger partial charge < -0.3 is 5.32 Å². The predicted octanol–water partition coefficient (Wildman–Crippen LogP) is 5.70. The highest BCUT2D eigenvalue weighted by Gasteiger charge is 2.24. The summed E-state index contributed by atoms with van der Waals surface area (Å²) >= 11 is 0. The van der Waals surface area contributed by atoms with Crippen molar-refractivity contribution < 1.29 is 0 Å². The second-order valence-electron chi connectivity index (χ2n) is 7.28.